The lowest BCUT2D eigenvalue weighted by atomic mass is 9.85. The number of rotatable bonds is 6. The zero-order valence-electron chi connectivity index (χ0n) is 20.0. The van der Waals surface area contributed by atoms with Crippen molar-refractivity contribution in [1.82, 2.24) is 20.4 Å². The van der Waals surface area contributed by atoms with Crippen molar-refractivity contribution in [3.05, 3.63) is 65.5 Å². The van der Waals surface area contributed by atoms with E-state index in [1.807, 2.05) is 12.1 Å². The molecule has 5 rings (SSSR count). The van der Waals surface area contributed by atoms with E-state index in [4.69, 9.17) is 4.84 Å². The third kappa shape index (κ3) is 4.77. The van der Waals surface area contributed by atoms with Crippen molar-refractivity contribution in [2.75, 3.05) is 18.6 Å². The summed E-state index contributed by atoms with van der Waals surface area (Å²) in [6, 6.07) is 7.01. The summed E-state index contributed by atoms with van der Waals surface area (Å²) >= 11 is 0. The Morgan fingerprint density at radius 3 is 2.67 bits per heavy atom. The number of nitrogens with zero attached hydrogens (tertiary/aromatic N) is 3. The first-order valence-corrected chi connectivity index (χ1v) is 12.3. The molecule has 3 aromatic rings. The standard InChI is InChI=1S/C26H29F2N5O3/c1-36-31-25(34)16-4-7-18(8-5-16)30-26(35)21-15-29-33-12-10-19(14-24(21)33)32-11-2-3-23(32)20-13-17(27)6-9-22(20)28/h6,9-10,12-16,18,23H,2-5,7-8,11H2,1H3,(H,30,35)(H,31,34). The number of fused-ring (bicyclic) bond motifs is 1. The van der Waals surface area contributed by atoms with Crippen LogP contribution in [0.2, 0.25) is 0 Å². The molecule has 36 heavy (non-hydrogen) atoms. The van der Waals surface area contributed by atoms with Gasteiger partial charge in [0.2, 0.25) is 5.91 Å². The molecule has 3 heterocycles. The maximum atomic E-state index is 14.5. The predicted molar refractivity (Wildman–Crippen MR) is 129 cm³/mol. The van der Waals surface area contributed by atoms with Crippen LogP contribution in [0.15, 0.2) is 42.7 Å². The van der Waals surface area contributed by atoms with Crippen molar-refractivity contribution >= 4 is 23.0 Å². The Morgan fingerprint density at radius 1 is 1.08 bits per heavy atom. The van der Waals surface area contributed by atoms with Crippen molar-refractivity contribution in [2.45, 2.75) is 50.6 Å². The molecule has 8 nitrogen and oxygen atoms in total. The number of nitrogens with one attached hydrogen (secondary N) is 2. The summed E-state index contributed by atoms with van der Waals surface area (Å²) in [6.45, 7) is 0.701. The number of carbonyl (C=O) groups excluding carboxylic acids is 2. The fourth-order valence-corrected chi connectivity index (χ4v) is 5.44. The number of hydroxylamine groups is 1. The van der Waals surface area contributed by atoms with Gasteiger partial charge in [-0.1, -0.05) is 0 Å². The third-order valence-electron chi connectivity index (χ3n) is 7.29. The predicted octanol–water partition coefficient (Wildman–Crippen LogP) is 3.92. The molecule has 1 atom stereocenters. The van der Waals surface area contributed by atoms with Crippen LogP contribution in [-0.2, 0) is 9.63 Å². The van der Waals surface area contributed by atoms with Gasteiger partial charge in [0, 0.05) is 36.0 Å². The van der Waals surface area contributed by atoms with Crippen LogP contribution in [0.4, 0.5) is 14.5 Å². The molecule has 10 heteroatoms. The Kier molecular flexibility index (Phi) is 6.86. The largest absolute Gasteiger partial charge is 0.364 e. The summed E-state index contributed by atoms with van der Waals surface area (Å²) < 4.78 is 30.0. The SMILES string of the molecule is CONC(=O)C1CCC(NC(=O)c2cnn3ccc(N4CCCC4c4cc(F)ccc4F)cc23)CC1. The van der Waals surface area contributed by atoms with Gasteiger partial charge in [0.1, 0.15) is 11.6 Å². The number of halogens is 2. The molecule has 1 saturated carbocycles. The molecule has 0 spiro atoms. The zero-order chi connectivity index (χ0) is 25.2. The fraction of sp³-hybridized carbons (Fsp3) is 0.423. The van der Waals surface area contributed by atoms with Crippen LogP contribution in [0.5, 0.6) is 0 Å². The van der Waals surface area contributed by atoms with Crippen LogP contribution in [-0.4, -0.2) is 41.1 Å². The molecule has 2 aromatic heterocycles. The van der Waals surface area contributed by atoms with Gasteiger partial charge in [0.15, 0.2) is 0 Å². The third-order valence-corrected chi connectivity index (χ3v) is 7.29. The minimum atomic E-state index is -0.461. The first-order chi connectivity index (χ1) is 17.4. The highest BCUT2D eigenvalue weighted by Crippen LogP contribution is 2.38. The first kappa shape index (κ1) is 24.2. The van der Waals surface area contributed by atoms with Gasteiger partial charge in [-0.05, 0) is 68.9 Å². The number of aromatic nitrogens is 2. The summed E-state index contributed by atoms with van der Waals surface area (Å²) in [5, 5.41) is 7.40. The normalized spacial score (nSPS) is 22.1. The fourth-order valence-electron chi connectivity index (χ4n) is 5.44. The lowest BCUT2D eigenvalue weighted by molar-refractivity contribution is -0.136. The Bertz CT molecular complexity index is 1270. The first-order valence-electron chi connectivity index (χ1n) is 12.3. The number of benzene rings is 1. The molecule has 1 aliphatic heterocycles. The average molecular weight is 498 g/mol. The van der Waals surface area contributed by atoms with E-state index in [0.29, 0.717) is 55.3 Å². The van der Waals surface area contributed by atoms with Gasteiger partial charge >= 0.3 is 0 Å². The van der Waals surface area contributed by atoms with Crippen molar-refractivity contribution in [3.63, 3.8) is 0 Å². The smallest absolute Gasteiger partial charge is 0.255 e. The highest BCUT2D eigenvalue weighted by atomic mass is 19.1. The second-order valence-electron chi connectivity index (χ2n) is 9.48. The summed E-state index contributed by atoms with van der Waals surface area (Å²) in [5.41, 5.74) is 4.64. The maximum absolute atomic E-state index is 14.5. The number of amides is 2. The average Bonchev–Trinajstić information content (AvgIpc) is 3.53. The molecule has 1 saturated heterocycles. The summed E-state index contributed by atoms with van der Waals surface area (Å²) in [5.74, 6) is -1.35. The van der Waals surface area contributed by atoms with Gasteiger partial charge in [-0.15, -0.1) is 0 Å². The van der Waals surface area contributed by atoms with Crippen molar-refractivity contribution in [1.29, 1.82) is 0 Å². The minimum absolute atomic E-state index is 0.0267. The lowest BCUT2D eigenvalue weighted by Crippen LogP contribution is -2.40. The molecule has 1 unspecified atom stereocenters. The number of hydrogen-bond acceptors (Lipinski definition) is 5. The number of pyridine rings is 1. The van der Waals surface area contributed by atoms with Gasteiger partial charge in [-0.2, -0.15) is 5.10 Å². The zero-order valence-corrected chi connectivity index (χ0v) is 20.0. The molecule has 1 aromatic carbocycles. The van der Waals surface area contributed by atoms with Gasteiger partial charge < -0.3 is 10.2 Å². The van der Waals surface area contributed by atoms with E-state index in [2.05, 4.69) is 20.8 Å². The summed E-state index contributed by atoms with van der Waals surface area (Å²) in [6.07, 6.45) is 7.63. The van der Waals surface area contributed by atoms with Crippen LogP contribution in [0.25, 0.3) is 5.52 Å². The number of carbonyl (C=O) groups is 2. The number of hydrogen-bond donors (Lipinski definition) is 2. The molecule has 1 aliphatic carbocycles. The van der Waals surface area contributed by atoms with Gasteiger partial charge in [-0.25, -0.2) is 18.8 Å². The maximum Gasteiger partial charge on any atom is 0.255 e. The van der Waals surface area contributed by atoms with Crippen LogP contribution < -0.4 is 15.7 Å². The highest BCUT2D eigenvalue weighted by Gasteiger charge is 2.30. The van der Waals surface area contributed by atoms with Gasteiger partial charge in [-0.3, -0.25) is 14.4 Å². The minimum Gasteiger partial charge on any atom is -0.364 e. The van der Waals surface area contributed by atoms with E-state index >= 15 is 0 Å². The quantitative estimate of drug-likeness (QED) is 0.504. The molecular formula is C26H29F2N5O3. The number of anilines is 1. The van der Waals surface area contributed by atoms with Gasteiger partial charge in [0.25, 0.3) is 5.91 Å². The van der Waals surface area contributed by atoms with Crippen molar-refractivity contribution in [2.24, 2.45) is 5.92 Å². The highest BCUT2D eigenvalue weighted by molar-refractivity contribution is 6.01. The molecule has 190 valence electrons. The Labute approximate surface area is 207 Å². The van der Waals surface area contributed by atoms with Crippen molar-refractivity contribution < 1.29 is 23.2 Å². The summed E-state index contributed by atoms with van der Waals surface area (Å²) in [7, 11) is 1.41. The lowest BCUT2D eigenvalue weighted by Gasteiger charge is -2.28. The van der Waals surface area contributed by atoms with E-state index in [9.17, 15) is 18.4 Å². The Morgan fingerprint density at radius 2 is 1.89 bits per heavy atom. The van der Waals surface area contributed by atoms with E-state index in [-0.39, 0.29) is 29.8 Å². The topological polar surface area (TPSA) is 88.0 Å². The van der Waals surface area contributed by atoms with Gasteiger partial charge in [0.05, 0.1) is 30.4 Å². The molecule has 2 N–H and O–H groups in total. The van der Waals surface area contributed by atoms with E-state index in [1.165, 1.54) is 19.2 Å². The molecule has 2 amide bonds. The van der Waals surface area contributed by atoms with E-state index in [1.54, 1.807) is 16.9 Å². The second-order valence-corrected chi connectivity index (χ2v) is 9.48. The monoisotopic (exact) mass is 497 g/mol. The molecule has 2 fully saturated rings. The molecule has 0 radical (unpaired) electrons. The Hall–Kier alpha value is -3.53. The summed E-state index contributed by atoms with van der Waals surface area (Å²) in [4.78, 5) is 31.9. The molecular weight excluding hydrogens is 468 g/mol. The van der Waals surface area contributed by atoms with E-state index < -0.39 is 11.6 Å². The molecule has 2 aliphatic rings. The van der Waals surface area contributed by atoms with E-state index in [0.717, 1.165) is 18.2 Å². The molecule has 0 bridgehead atoms. The van der Waals surface area contributed by atoms with Crippen LogP contribution in [0.3, 0.4) is 0 Å². The Balaban J connectivity index is 1.32. The van der Waals surface area contributed by atoms with Crippen LogP contribution >= 0.6 is 0 Å². The second kappa shape index (κ2) is 10.2. The van der Waals surface area contributed by atoms with Crippen molar-refractivity contribution in [3.8, 4) is 0 Å². The van der Waals surface area contributed by atoms with Crippen LogP contribution in [0.1, 0.15) is 60.5 Å². The van der Waals surface area contributed by atoms with Crippen LogP contribution in [0, 0.1) is 17.6 Å².